The fourth-order valence-electron chi connectivity index (χ4n) is 2.73. The Morgan fingerprint density at radius 3 is 3.22 bits per heavy atom. The zero-order valence-corrected chi connectivity index (χ0v) is 13.2. The second kappa shape index (κ2) is 7.23. The van der Waals surface area contributed by atoms with Gasteiger partial charge in [0.1, 0.15) is 11.8 Å². The van der Waals surface area contributed by atoms with Gasteiger partial charge >= 0.3 is 6.01 Å². The van der Waals surface area contributed by atoms with Crippen molar-refractivity contribution in [2.45, 2.75) is 25.4 Å². The van der Waals surface area contributed by atoms with E-state index in [1.54, 1.807) is 19.4 Å². The van der Waals surface area contributed by atoms with Crippen LogP contribution in [-0.2, 0) is 0 Å². The number of nitrogens with zero attached hydrogens (tertiary/aromatic N) is 3. The van der Waals surface area contributed by atoms with Crippen LogP contribution in [0.4, 0.5) is 0 Å². The van der Waals surface area contributed by atoms with E-state index >= 15 is 0 Å². The number of rotatable bonds is 5. The van der Waals surface area contributed by atoms with E-state index in [-0.39, 0.29) is 6.10 Å². The molecule has 1 atom stereocenters. The van der Waals surface area contributed by atoms with Crippen LogP contribution in [0.2, 0.25) is 0 Å². The van der Waals surface area contributed by atoms with Gasteiger partial charge in [-0.25, -0.2) is 4.98 Å². The van der Waals surface area contributed by atoms with Gasteiger partial charge in [0.15, 0.2) is 0 Å². The maximum absolute atomic E-state index is 7.57. The van der Waals surface area contributed by atoms with Crippen LogP contribution >= 0.6 is 0 Å². The van der Waals surface area contributed by atoms with Crippen LogP contribution in [0.25, 0.3) is 11.2 Å². The lowest BCUT2D eigenvalue weighted by Gasteiger charge is -2.17. The Morgan fingerprint density at radius 1 is 1.48 bits per heavy atom. The van der Waals surface area contributed by atoms with E-state index < -0.39 is 0 Å². The lowest BCUT2D eigenvalue weighted by atomic mass is 10.2. The second-order valence-electron chi connectivity index (χ2n) is 5.53. The third-order valence-corrected chi connectivity index (χ3v) is 3.90. The monoisotopic (exact) mass is 314 g/mol. The molecule has 7 heteroatoms. The summed E-state index contributed by atoms with van der Waals surface area (Å²) in [5, 5.41) is 13.9. The van der Waals surface area contributed by atoms with Crippen molar-refractivity contribution in [1.82, 2.24) is 25.0 Å². The van der Waals surface area contributed by atoms with E-state index in [1.807, 2.05) is 16.7 Å². The first-order valence-electron chi connectivity index (χ1n) is 7.91. The summed E-state index contributed by atoms with van der Waals surface area (Å²) in [6.07, 6.45) is 9.82. The van der Waals surface area contributed by atoms with E-state index in [4.69, 9.17) is 10.1 Å². The van der Waals surface area contributed by atoms with Crippen LogP contribution < -0.4 is 15.4 Å². The summed E-state index contributed by atoms with van der Waals surface area (Å²) in [5.74, 6) is 0. The highest BCUT2D eigenvalue weighted by molar-refractivity contribution is 6.07. The summed E-state index contributed by atoms with van der Waals surface area (Å²) in [7, 11) is 1.80. The third-order valence-electron chi connectivity index (χ3n) is 3.90. The minimum atomic E-state index is 0.148. The van der Waals surface area contributed by atoms with Crippen LogP contribution in [-0.4, -0.2) is 46.8 Å². The van der Waals surface area contributed by atoms with Crippen molar-refractivity contribution in [3.8, 4) is 6.01 Å². The van der Waals surface area contributed by atoms with Crippen molar-refractivity contribution >= 4 is 17.4 Å². The van der Waals surface area contributed by atoms with Crippen LogP contribution in [0.15, 0.2) is 24.7 Å². The minimum Gasteiger partial charge on any atom is -0.461 e. The number of hydrogen-bond acceptors (Lipinski definition) is 6. The lowest BCUT2D eigenvalue weighted by molar-refractivity contribution is 0.169. The topological polar surface area (TPSA) is 87.3 Å². The number of ether oxygens (including phenoxy) is 1. The molecule has 3 rings (SSSR count). The fraction of sp³-hybridized carbons (Fsp3) is 0.438. The largest absolute Gasteiger partial charge is 0.461 e. The van der Waals surface area contributed by atoms with Gasteiger partial charge in [0, 0.05) is 43.5 Å². The van der Waals surface area contributed by atoms with Crippen LogP contribution in [0.1, 0.15) is 25.0 Å². The highest BCUT2D eigenvalue weighted by Gasteiger charge is 2.17. The Hall–Kier alpha value is -2.41. The van der Waals surface area contributed by atoms with Crippen LogP contribution in [0.3, 0.4) is 0 Å². The third kappa shape index (κ3) is 3.50. The number of allylic oxidation sites excluding steroid dienone is 1. The summed E-state index contributed by atoms with van der Waals surface area (Å²) >= 11 is 0. The van der Waals surface area contributed by atoms with Gasteiger partial charge in [0.25, 0.3) is 0 Å². The molecule has 23 heavy (non-hydrogen) atoms. The van der Waals surface area contributed by atoms with Crippen molar-refractivity contribution in [3.05, 3.63) is 30.4 Å². The normalized spacial score (nSPS) is 19.3. The average molecular weight is 314 g/mol. The number of nitrogens with one attached hydrogen (secondary N) is 3. The first-order valence-corrected chi connectivity index (χ1v) is 7.91. The van der Waals surface area contributed by atoms with Crippen molar-refractivity contribution in [2.75, 3.05) is 20.1 Å². The molecule has 1 aliphatic rings. The van der Waals surface area contributed by atoms with Gasteiger partial charge in [-0.1, -0.05) is 0 Å². The van der Waals surface area contributed by atoms with Gasteiger partial charge in [-0.05, 0) is 32.4 Å². The smallest absolute Gasteiger partial charge is 0.303 e. The summed E-state index contributed by atoms with van der Waals surface area (Å²) in [6, 6.07) is 2.39. The van der Waals surface area contributed by atoms with Gasteiger partial charge in [-0.3, -0.25) is 4.40 Å². The van der Waals surface area contributed by atoms with Gasteiger partial charge in [-0.2, -0.15) is 4.98 Å². The van der Waals surface area contributed by atoms with Gasteiger partial charge in [0.2, 0.25) is 0 Å². The van der Waals surface area contributed by atoms with E-state index in [9.17, 15) is 0 Å². The van der Waals surface area contributed by atoms with E-state index in [0.717, 1.165) is 38.0 Å². The summed E-state index contributed by atoms with van der Waals surface area (Å²) in [5.41, 5.74) is 2.13. The Bertz CT molecular complexity index is 700. The summed E-state index contributed by atoms with van der Waals surface area (Å²) < 4.78 is 8.02. The van der Waals surface area contributed by atoms with Crippen molar-refractivity contribution in [1.29, 1.82) is 5.41 Å². The molecular weight excluding hydrogens is 292 g/mol. The lowest BCUT2D eigenvalue weighted by Crippen LogP contribution is -2.21. The van der Waals surface area contributed by atoms with Crippen LogP contribution in [0.5, 0.6) is 6.01 Å². The standard InChI is InChI=1S/C16H22N6O/c1-18-11-12(10-17)14-9-15-20-7-8-22(15)16(21-14)23-13-3-2-5-19-6-4-13/h7-11,13,17-19H,2-6H2,1H3/b12-11+,17-10?. The number of hydrogen-bond donors (Lipinski definition) is 3. The molecule has 0 radical (unpaired) electrons. The second-order valence-corrected chi connectivity index (χ2v) is 5.53. The zero-order chi connectivity index (χ0) is 16.1. The molecule has 0 spiro atoms. The fourth-order valence-corrected chi connectivity index (χ4v) is 2.73. The SMILES string of the molecule is CN/C=C(\C=N)c1cc2nccn2c(OC2CCCNCC2)n1. The van der Waals surface area contributed by atoms with Crippen molar-refractivity contribution in [3.63, 3.8) is 0 Å². The molecule has 2 aromatic heterocycles. The molecule has 1 unspecified atom stereocenters. The Kier molecular flexibility index (Phi) is 4.87. The number of imidazole rings is 1. The molecule has 1 saturated heterocycles. The number of aromatic nitrogens is 3. The Balaban J connectivity index is 1.95. The van der Waals surface area contributed by atoms with Crippen molar-refractivity contribution < 1.29 is 4.74 Å². The molecule has 122 valence electrons. The summed E-state index contributed by atoms with van der Waals surface area (Å²) in [4.78, 5) is 8.94. The molecule has 3 N–H and O–H groups in total. The molecule has 0 saturated carbocycles. The van der Waals surface area contributed by atoms with Crippen LogP contribution in [0, 0.1) is 5.41 Å². The molecular formula is C16H22N6O. The Labute approximate surface area is 135 Å². The molecule has 0 amide bonds. The molecule has 2 aromatic rings. The zero-order valence-electron chi connectivity index (χ0n) is 13.2. The number of fused-ring (bicyclic) bond motifs is 1. The highest BCUT2D eigenvalue weighted by Crippen LogP contribution is 2.21. The predicted molar refractivity (Wildman–Crippen MR) is 89.9 cm³/mol. The maximum Gasteiger partial charge on any atom is 0.303 e. The first kappa shape index (κ1) is 15.5. The summed E-state index contributed by atoms with van der Waals surface area (Å²) in [6.45, 7) is 2.00. The van der Waals surface area contributed by atoms with E-state index in [0.29, 0.717) is 17.3 Å². The average Bonchev–Trinajstić information content (AvgIpc) is 2.89. The van der Waals surface area contributed by atoms with Gasteiger partial charge < -0.3 is 20.8 Å². The molecule has 1 aliphatic heterocycles. The van der Waals surface area contributed by atoms with Gasteiger partial charge in [0.05, 0.1) is 5.69 Å². The molecule has 7 nitrogen and oxygen atoms in total. The van der Waals surface area contributed by atoms with Gasteiger partial charge in [-0.15, -0.1) is 0 Å². The highest BCUT2D eigenvalue weighted by atomic mass is 16.5. The molecule has 1 fully saturated rings. The molecule has 3 heterocycles. The molecule has 0 aliphatic carbocycles. The van der Waals surface area contributed by atoms with E-state index in [1.165, 1.54) is 6.21 Å². The maximum atomic E-state index is 7.57. The quantitative estimate of drug-likeness (QED) is 0.727. The molecule has 0 bridgehead atoms. The predicted octanol–water partition coefficient (Wildman–Crippen LogP) is 1.46. The van der Waals surface area contributed by atoms with E-state index in [2.05, 4.69) is 20.6 Å². The first-order chi connectivity index (χ1) is 11.3. The minimum absolute atomic E-state index is 0.148. The van der Waals surface area contributed by atoms with Crippen molar-refractivity contribution in [2.24, 2.45) is 0 Å². The Morgan fingerprint density at radius 2 is 2.39 bits per heavy atom. The molecule has 0 aromatic carbocycles.